The van der Waals surface area contributed by atoms with E-state index in [1.165, 1.54) is 48.9 Å². The van der Waals surface area contributed by atoms with E-state index in [0.717, 1.165) is 23.3 Å². The van der Waals surface area contributed by atoms with Gasteiger partial charge in [-0.05, 0) is 54.4 Å². The van der Waals surface area contributed by atoms with E-state index in [4.69, 9.17) is 4.78 Å². The van der Waals surface area contributed by atoms with Crippen LogP contribution in [0.25, 0.3) is 0 Å². The third-order valence-electron chi connectivity index (χ3n) is 7.38. The van der Waals surface area contributed by atoms with Crippen molar-refractivity contribution in [2.75, 3.05) is 12.3 Å². The van der Waals surface area contributed by atoms with Gasteiger partial charge in [-0.3, -0.25) is 14.7 Å². The third-order valence-corrected chi connectivity index (χ3v) is 10.4. The standard InChI is InChI=1S/C26H38N4O2S2/c1-5-34(27,32)22-11-10-21(28-14-22)13-29-26(31)23-12-20-16-30(24(17(2)3)25(20)33-23)15-19-8-6-18(4)7-9-19/h10-12,14,17-19,24,27H,5-9,13,15-16H2,1-4H3,(H,29,31)/t18?,19?,24-,34-/m0/s1. The van der Waals surface area contributed by atoms with Gasteiger partial charge in [-0.2, -0.15) is 0 Å². The molecule has 2 aromatic heterocycles. The maximum atomic E-state index is 12.9. The molecule has 8 heteroatoms. The second kappa shape index (κ2) is 10.5. The molecule has 186 valence electrons. The molecule has 34 heavy (non-hydrogen) atoms. The van der Waals surface area contributed by atoms with E-state index in [0.29, 0.717) is 29.1 Å². The summed E-state index contributed by atoms with van der Waals surface area (Å²) in [4.78, 5) is 22.4. The summed E-state index contributed by atoms with van der Waals surface area (Å²) in [6, 6.07) is 5.91. The third kappa shape index (κ3) is 5.55. The molecule has 0 saturated heterocycles. The SMILES string of the molecule is CC[S@](=N)(=O)c1ccc(CNC(=O)c2cc3c(s2)[C@H](C(C)C)N(CC2CCC(C)CC2)C3)nc1. The lowest BCUT2D eigenvalue weighted by Gasteiger charge is -2.34. The van der Waals surface area contributed by atoms with Crippen LogP contribution in [-0.2, 0) is 22.8 Å². The van der Waals surface area contributed by atoms with Crippen molar-refractivity contribution in [3.05, 3.63) is 45.4 Å². The minimum atomic E-state index is -2.77. The molecule has 0 bridgehead atoms. The summed E-state index contributed by atoms with van der Waals surface area (Å²) in [7, 11) is -2.77. The molecular weight excluding hydrogens is 464 g/mol. The Hall–Kier alpha value is -1.77. The number of hydrogen-bond donors (Lipinski definition) is 2. The van der Waals surface area contributed by atoms with Crippen LogP contribution in [0.3, 0.4) is 0 Å². The number of thiophene rings is 1. The molecule has 1 saturated carbocycles. The Balaban J connectivity index is 1.38. The van der Waals surface area contributed by atoms with Gasteiger partial charge < -0.3 is 5.32 Å². The predicted molar refractivity (Wildman–Crippen MR) is 139 cm³/mol. The predicted octanol–water partition coefficient (Wildman–Crippen LogP) is 5.84. The van der Waals surface area contributed by atoms with E-state index in [2.05, 4.69) is 42.0 Å². The highest BCUT2D eigenvalue weighted by molar-refractivity contribution is 7.92. The number of pyridine rings is 1. The van der Waals surface area contributed by atoms with E-state index < -0.39 is 9.73 Å². The summed E-state index contributed by atoms with van der Waals surface area (Å²) in [6.07, 6.45) is 6.89. The van der Waals surface area contributed by atoms with Crippen LogP contribution in [0.1, 0.15) is 85.2 Å². The Morgan fingerprint density at radius 2 is 2.03 bits per heavy atom. The Labute approximate surface area is 208 Å². The van der Waals surface area contributed by atoms with Crippen LogP contribution in [0.2, 0.25) is 0 Å². The topological polar surface area (TPSA) is 86.2 Å². The quantitative estimate of drug-likeness (QED) is 0.475. The fourth-order valence-electron chi connectivity index (χ4n) is 5.29. The number of nitrogens with one attached hydrogen (secondary N) is 2. The molecule has 0 aromatic carbocycles. The summed E-state index contributed by atoms with van der Waals surface area (Å²) < 4.78 is 20.0. The zero-order valence-electron chi connectivity index (χ0n) is 20.8. The molecule has 4 rings (SSSR count). The van der Waals surface area contributed by atoms with Gasteiger partial charge in [0.2, 0.25) is 0 Å². The maximum absolute atomic E-state index is 12.9. The molecule has 1 fully saturated rings. The molecule has 1 amide bonds. The average molecular weight is 503 g/mol. The van der Waals surface area contributed by atoms with Gasteiger partial charge in [-0.15, -0.1) is 11.3 Å². The Bertz CT molecular complexity index is 1100. The van der Waals surface area contributed by atoms with Crippen molar-refractivity contribution in [3.8, 4) is 0 Å². The van der Waals surface area contributed by atoms with E-state index >= 15 is 0 Å². The zero-order chi connectivity index (χ0) is 24.5. The van der Waals surface area contributed by atoms with Crippen LogP contribution in [0.15, 0.2) is 29.3 Å². The second-order valence-corrected chi connectivity index (χ2v) is 13.9. The van der Waals surface area contributed by atoms with E-state index in [9.17, 15) is 9.00 Å². The summed E-state index contributed by atoms with van der Waals surface area (Å²) >= 11 is 1.64. The van der Waals surface area contributed by atoms with E-state index in [-0.39, 0.29) is 11.7 Å². The van der Waals surface area contributed by atoms with Gasteiger partial charge in [0, 0.05) is 36.0 Å². The summed E-state index contributed by atoms with van der Waals surface area (Å²) in [6.45, 7) is 11.1. The minimum Gasteiger partial charge on any atom is -0.346 e. The number of hydrogen-bond acceptors (Lipinski definition) is 6. The minimum absolute atomic E-state index is 0.0709. The highest BCUT2D eigenvalue weighted by Gasteiger charge is 2.36. The Kier molecular flexibility index (Phi) is 7.79. The highest BCUT2D eigenvalue weighted by Crippen LogP contribution is 2.44. The van der Waals surface area contributed by atoms with Crippen molar-refractivity contribution in [1.82, 2.24) is 15.2 Å². The monoisotopic (exact) mass is 502 g/mol. The van der Waals surface area contributed by atoms with E-state index in [1.54, 1.807) is 30.4 Å². The Morgan fingerprint density at radius 1 is 1.29 bits per heavy atom. The molecule has 1 aliphatic carbocycles. The fraction of sp³-hybridized carbons (Fsp3) is 0.615. The molecule has 6 nitrogen and oxygen atoms in total. The first-order chi connectivity index (χ1) is 16.2. The van der Waals surface area contributed by atoms with Crippen molar-refractivity contribution in [2.45, 2.75) is 77.4 Å². The maximum Gasteiger partial charge on any atom is 0.261 e. The van der Waals surface area contributed by atoms with Crippen molar-refractivity contribution < 1.29 is 9.00 Å². The summed E-state index contributed by atoms with van der Waals surface area (Å²) in [5, 5.41) is 2.98. The number of nitrogens with zero attached hydrogens (tertiary/aromatic N) is 2. The number of rotatable bonds is 8. The normalized spacial score (nSPS) is 24.7. The smallest absolute Gasteiger partial charge is 0.261 e. The lowest BCUT2D eigenvalue weighted by Crippen LogP contribution is -2.32. The highest BCUT2D eigenvalue weighted by atomic mass is 32.2. The molecule has 3 heterocycles. The van der Waals surface area contributed by atoms with Crippen molar-refractivity contribution in [2.24, 2.45) is 17.8 Å². The van der Waals surface area contributed by atoms with Crippen LogP contribution >= 0.6 is 11.3 Å². The molecular formula is C26H38N4O2S2. The van der Waals surface area contributed by atoms with Gasteiger partial charge in [-0.1, -0.05) is 40.5 Å². The van der Waals surface area contributed by atoms with Crippen LogP contribution in [0.4, 0.5) is 0 Å². The molecule has 2 aromatic rings. The summed E-state index contributed by atoms with van der Waals surface area (Å²) in [5.74, 6) is 2.38. The molecule has 1 aliphatic heterocycles. The van der Waals surface area contributed by atoms with Gasteiger partial charge in [0.15, 0.2) is 0 Å². The first-order valence-corrected chi connectivity index (χ1v) is 15.1. The fourth-order valence-corrected chi connectivity index (χ4v) is 7.54. The van der Waals surface area contributed by atoms with Gasteiger partial charge in [0.1, 0.15) is 0 Å². The number of amides is 1. The molecule has 0 spiro atoms. The van der Waals surface area contributed by atoms with E-state index in [1.807, 2.05) is 0 Å². The molecule has 0 radical (unpaired) electrons. The molecule has 2 atom stereocenters. The lowest BCUT2D eigenvalue weighted by atomic mass is 9.82. The first-order valence-electron chi connectivity index (χ1n) is 12.5. The van der Waals surface area contributed by atoms with Crippen LogP contribution in [-0.4, -0.2) is 32.3 Å². The molecule has 2 aliphatic rings. The van der Waals surface area contributed by atoms with Crippen molar-refractivity contribution in [1.29, 1.82) is 4.78 Å². The number of fused-ring (bicyclic) bond motifs is 1. The van der Waals surface area contributed by atoms with Gasteiger partial charge in [0.25, 0.3) is 5.91 Å². The molecule has 0 unspecified atom stereocenters. The summed E-state index contributed by atoms with van der Waals surface area (Å²) in [5.41, 5.74) is 2.01. The number of carbonyl (C=O) groups excluding carboxylic acids is 1. The van der Waals surface area contributed by atoms with Gasteiger partial charge in [0.05, 0.1) is 31.7 Å². The lowest BCUT2D eigenvalue weighted by molar-refractivity contribution is 0.0954. The van der Waals surface area contributed by atoms with Gasteiger partial charge in [-0.25, -0.2) is 8.99 Å². The van der Waals surface area contributed by atoms with Crippen molar-refractivity contribution >= 4 is 27.0 Å². The van der Waals surface area contributed by atoms with Crippen LogP contribution in [0.5, 0.6) is 0 Å². The zero-order valence-corrected chi connectivity index (χ0v) is 22.4. The Morgan fingerprint density at radius 3 is 2.65 bits per heavy atom. The van der Waals surface area contributed by atoms with Gasteiger partial charge >= 0.3 is 0 Å². The second-order valence-electron chi connectivity index (χ2n) is 10.4. The van der Waals surface area contributed by atoms with Crippen LogP contribution < -0.4 is 5.32 Å². The first kappa shape index (κ1) is 25.3. The largest absolute Gasteiger partial charge is 0.346 e. The average Bonchev–Trinajstić information content (AvgIpc) is 3.36. The number of carbonyl (C=O) groups is 1. The molecule has 2 N–H and O–H groups in total. The van der Waals surface area contributed by atoms with Crippen molar-refractivity contribution in [3.63, 3.8) is 0 Å². The van der Waals surface area contributed by atoms with Crippen LogP contribution in [0, 0.1) is 22.5 Å². The number of aromatic nitrogens is 1.